The van der Waals surface area contributed by atoms with Gasteiger partial charge in [0.15, 0.2) is 0 Å². The van der Waals surface area contributed by atoms with Crippen molar-refractivity contribution in [1.29, 1.82) is 0 Å². The number of piperidine rings is 1. The van der Waals surface area contributed by atoms with Gasteiger partial charge in [-0.2, -0.15) is 0 Å². The van der Waals surface area contributed by atoms with Gasteiger partial charge in [0.05, 0.1) is 0 Å². The fourth-order valence-electron chi connectivity index (χ4n) is 2.94. The zero-order chi connectivity index (χ0) is 12.4. The molecule has 2 aromatic rings. The van der Waals surface area contributed by atoms with Crippen molar-refractivity contribution in [2.45, 2.75) is 26.2 Å². The van der Waals surface area contributed by atoms with Crippen molar-refractivity contribution in [3.05, 3.63) is 41.7 Å². The molecule has 1 aliphatic rings. The molecule has 0 saturated carbocycles. The van der Waals surface area contributed by atoms with E-state index in [1.54, 1.807) is 0 Å². The lowest BCUT2D eigenvalue weighted by atomic mass is 9.91. The molecule has 0 spiro atoms. The van der Waals surface area contributed by atoms with Gasteiger partial charge in [0.2, 0.25) is 0 Å². The molecule has 3 rings (SSSR count). The number of pyridine rings is 1. The molecule has 0 radical (unpaired) electrons. The second-order valence-electron chi connectivity index (χ2n) is 5.37. The van der Waals surface area contributed by atoms with Crippen LogP contribution in [-0.2, 0) is 6.42 Å². The SMILES string of the molecule is Cc1nccc2cc(CC3CCCNC3)ccc12. The Morgan fingerprint density at radius 2 is 2.28 bits per heavy atom. The summed E-state index contributed by atoms with van der Waals surface area (Å²) in [6.45, 7) is 4.44. The maximum Gasteiger partial charge on any atom is 0.0450 e. The quantitative estimate of drug-likeness (QED) is 0.872. The highest BCUT2D eigenvalue weighted by Gasteiger charge is 2.13. The van der Waals surface area contributed by atoms with Crippen LogP contribution in [0, 0.1) is 12.8 Å². The van der Waals surface area contributed by atoms with Crippen molar-refractivity contribution in [2.75, 3.05) is 13.1 Å². The van der Waals surface area contributed by atoms with Crippen LogP contribution in [-0.4, -0.2) is 18.1 Å². The third-order valence-corrected chi connectivity index (χ3v) is 3.95. The van der Waals surface area contributed by atoms with Crippen LogP contribution in [0.4, 0.5) is 0 Å². The Morgan fingerprint density at radius 1 is 1.33 bits per heavy atom. The molecule has 94 valence electrons. The molecule has 1 fully saturated rings. The molecule has 2 heteroatoms. The van der Waals surface area contributed by atoms with Gasteiger partial charge in [0.1, 0.15) is 0 Å². The number of nitrogens with zero attached hydrogens (tertiary/aromatic N) is 1. The summed E-state index contributed by atoms with van der Waals surface area (Å²) in [4.78, 5) is 4.34. The fourth-order valence-corrected chi connectivity index (χ4v) is 2.94. The van der Waals surface area contributed by atoms with Crippen molar-refractivity contribution in [2.24, 2.45) is 5.92 Å². The summed E-state index contributed by atoms with van der Waals surface area (Å²) < 4.78 is 0. The average molecular weight is 240 g/mol. The number of hydrogen-bond donors (Lipinski definition) is 1. The highest BCUT2D eigenvalue weighted by molar-refractivity contribution is 5.84. The zero-order valence-electron chi connectivity index (χ0n) is 10.9. The minimum atomic E-state index is 0.805. The Morgan fingerprint density at radius 3 is 3.11 bits per heavy atom. The lowest BCUT2D eigenvalue weighted by molar-refractivity contribution is 0.376. The summed E-state index contributed by atoms with van der Waals surface area (Å²) in [5, 5.41) is 6.09. The van der Waals surface area contributed by atoms with E-state index in [0.717, 1.165) is 11.6 Å². The van der Waals surface area contributed by atoms with Crippen LogP contribution >= 0.6 is 0 Å². The molecule has 2 heterocycles. The van der Waals surface area contributed by atoms with Crippen LogP contribution in [0.25, 0.3) is 10.8 Å². The number of aromatic nitrogens is 1. The number of nitrogens with one attached hydrogen (secondary N) is 1. The van der Waals surface area contributed by atoms with E-state index < -0.39 is 0 Å². The Bertz CT molecular complexity index is 542. The first-order chi connectivity index (χ1) is 8.83. The molecule has 0 aliphatic carbocycles. The van der Waals surface area contributed by atoms with Crippen LogP contribution < -0.4 is 5.32 Å². The van der Waals surface area contributed by atoms with E-state index in [9.17, 15) is 0 Å². The third kappa shape index (κ3) is 2.39. The number of rotatable bonds is 2. The van der Waals surface area contributed by atoms with Crippen LogP contribution in [0.2, 0.25) is 0 Å². The van der Waals surface area contributed by atoms with Crippen molar-refractivity contribution in [3.63, 3.8) is 0 Å². The molecule has 1 atom stereocenters. The molecule has 2 nitrogen and oxygen atoms in total. The second-order valence-corrected chi connectivity index (χ2v) is 5.37. The smallest absolute Gasteiger partial charge is 0.0450 e. The van der Waals surface area contributed by atoms with E-state index in [1.165, 1.54) is 48.7 Å². The molecule has 1 aromatic heterocycles. The molecule has 0 amide bonds. The van der Waals surface area contributed by atoms with Gasteiger partial charge in [-0.1, -0.05) is 18.2 Å². The van der Waals surface area contributed by atoms with Crippen LogP contribution in [0.1, 0.15) is 24.1 Å². The van der Waals surface area contributed by atoms with Crippen molar-refractivity contribution >= 4 is 10.8 Å². The van der Waals surface area contributed by atoms with Gasteiger partial charge in [0, 0.05) is 17.3 Å². The summed E-state index contributed by atoms with van der Waals surface area (Å²) in [7, 11) is 0. The van der Waals surface area contributed by atoms with E-state index in [2.05, 4.69) is 41.5 Å². The van der Waals surface area contributed by atoms with Crippen molar-refractivity contribution in [1.82, 2.24) is 10.3 Å². The van der Waals surface area contributed by atoms with Gasteiger partial charge in [-0.25, -0.2) is 0 Å². The normalized spacial score (nSPS) is 20.2. The number of hydrogen-bond acceptors (Lipinski definition) is 2. The number of fused-ring (bicyclic) bond motifs is 1. The van der Waals surface area contributed by atoms with E-state index in [1.807, 2.05) is 6.20 Å². The first-order valence-electron chi connectivity index (χ1n) is 6.88. The van der Waals surface area contributed by atoms with Gasteiger partial charge in [0.25, 0.3) is 0 Å². The Balaban J connectivity index is 1.84. The predicted octanol–water partition coefficient (Wildman–Crippen LogP) is 3.09. The minimum absolute atomic E-state index is 0.805. The van der Waals surface area contributed by atoms with Crippen molar-refractivity contribution < 1.29 is 0 Å². The highest BCUT2D eigenvalue weighted by Crippen LogP contribution is 2.21. The highest BCUT2D eigenvalue weighted by atomic mass is 14.9. The first-order valence-corrected chi connectivity index (χ1v) is 6.88. The van der Waals surface area contributed by atoms with E-state index in [-0.39, 0.29) is 0 Å². The molecule has 1 N–H and O–H groups in total. The van der Waals surface area contributed by atoms with Gasteiger partial charge in [-0.3, -0.25) is 4.98 Å². The lowest BCUT2D eigenvalue weighted by Gasteiger charge is -2.22. The minimum Gasteiger partial charge on any atom is -0.316 e. The third-order valence-electron chi connectivity index (χ3n) is 3.95. The molecule has 1 unspecified atom stereocenters. The maximum absolute atomic E-state index is 4.34. The molecular weight excluding hydrogens is 220 g/mol. The van der Waals surface area contributed by atoms with Crippen molar-refractivity contribution in [3.8, 4) is 0 Å². The summed E-state index contributed by atoms with van der Waals surface area (Å²) >= 11 is 0. The maximum atomic E-state index is 4.34. The van der Waals surface area contributed by atoms with Crippen LogP contribution in [0.15, 0.2) is 30.5 Å². The second kappa shape index (κ2) is 5.07. The summed E-state index contributed by atoms with van der Waals surface area (Å²) in [5.74, 6) is 0.805. The van der Waals surface area contributed by atoms with Crippen LogP contribution in [0.5, 0.6) is 0 Å². The predicted molar refractivity (Wildman–Crippen MR) is 75.8 cm³/mol. The Hall–Kier alpha value is -1.41. The molecule has 18 heavy (non-hydrogen) atoms. The molecule has 0 bridgehead atoms. The van der Waals surface area contributed by atoms with Gasteiger partial charge < -0.3 is 5.32 Å². The number of benzene rings is 1. The largest absolute Gasteiger partial charge is 0.316 e. The average Bonchev–Trinajstić information content (AvgIpc) is 2.40. The molecular formula is C16H20N2. The Labute approximate surface area is 108 Å². The standard InChI is InChI=1S/C16H20N2/c1-12-16-5-4-13(10-15(16)6-8-18-12)9-14-3-2-7-17-11-14/h4-6,8,10,14,17H,2-3,7,9,11H2,1H3. The zero-order valence-corrected chi connectivity index (χ0v) is 10.9. The fraction of sp³-hybridized carbons (Fsp3) is 0.438. The van der Waals surface area contributed by atoms with E-state index >= 15 is 0 Å². The summed E-state index contributed by atoms with van der Waals surface area (Å²) in [6, 6.07) is 8.94. The lowest BCUT2D eigenvalue weighted by Crippen LogP contribution is -2.30. The van der Waals surface area contributed by atoms with Gasteiger partial charge in [-0.15, -0.1) is 0 Å². The van der Waals surface area contributed by atoms with Gasteiger partial charge >= 0.3 is 0 Å². The topological polar surface area (TPSA) is 24.9 Å². The molecule has 1 aliphatic heterocycles. The Kier molecular flexibility index (Phi) is 3.28. The molecule has 1 aromatic carbocycles. The van der Waals surface area contributed by atoms with Gasteiger partial charge in [-0.05, 0) is 62.2 Å². The summed E-state index contributed by atoms with van der Waals surface area (Å²) in [5.41, 5.74) is 2.58. The monoisotopic (exact) mass is 240 g/mol. The van der Waals surface area contributed by atoms with E-state index in [0.29, 0.717) is 0 Å². The first kappa shape index (κ1) is 11.7. The summed E-state index contributed by atoms with van der Waals surface area (Å²) in [6.07, 6.45) is 5.79. The molecule has 1 saturated heterocycles. The van der Waals surface area contributed by atoms with E-state index in [4.69, 9.17) is 0 Å². The van der Waals surface area contributed by atoms with Crippen LogP contribution in [0.3, 0.4) is 0 Å². The number of aryl methyl sites for hydroxylation is 1.